The van der Waals surface area contributed by atoms with E-state index in [4.69, 9.17) is 4.42 Å². The van der Waals surface area contributed by atoms with Crippen LogP contribution in [0.1, 0.15) is 37.7 Å². The number of anilines is 1. The Morgan fingerprint density at radius 3 is 2.72 bits per heavy atom. The predicted molar refractivity (Wildman–Crippen MR) is 118 cm³/mol. The van der Waals surface area contributed by atoms with Gasteiger partial charge in [0.25, 0.3) is 5.56 Å². The molecule has 6 nitrogen and oxygen atoms in total. The maximum atomic E-state index is 12.8. The third-order valence-electron chi connectivity index (χ3n) is 5.13. The summed E-state index contributed by atoms with van der Waals surface area (Å²) >= 11 is 0. The first-order valence-corrected chi connectivity index (χ1v) is 9.85. The van der Waals surface area contributed by atoms with Gasteiger partial charge in [-0.05, 0) is 51.5 Å². The van der Waals surface area contributed by atoms with Crippen molar-refractivity contribution in [2.24, 2.45) is 5.10 Å². The highest BCUT2D eigenvalue weighted by Gasteiger charge is 2.16. The van der Waals surface area contributed by atoms with E-state index in [0.717, 1.165) is 28.7 Å². The fourth-order valence-corrected chi connectivity index (χ4v) is 3.64. The van der Waals surface area contributed by atoms with Gasteiger partial charge in [0.05, 0.1) is 10.9 Å². The van der Waals surface area contributed by atoms with Crippen LogP contribution in [0.2, 0.25) is 0 Å². The number of furan rings is 1. The molecule has 0 atom stereocenters. The van der Waals surface area contributed by atoms with Gasteiger partial charge in [-0.1, -0.05) is 30.7 Å². The molecule has 0 spiro atoms. The van der Waals surface area contributed by atoms with Crippen molar-refractivity contribution in [3.63, 3.8) is 0 Å². The summed E-state index contributed by atoms with van der Waals surface area (Å²) in [6.07, 6.45) is 0.840. The molecule has 2 heterocycles. The maximum absolute atomic E-state index is 12.8. The number of hydrogen-bond donors (Lipinski definition) is 1. The number of nitrogens with one attached hydrogen (secondary N) is 1. The fourth-order valence-electron chi connectivity index (χ4n) is 3.64. The highest BCUT2D eigenvalue weighted by molar-refractivity contribution is 6.02. The third kappa shape index (κ3) is 3.31. The lowest BCUT2D eigenvalue weighted by atomic mass is 10.0. The molecular weight excluding hydrogens is 364 g/mol. The van der Waals surface area contributed by atoms with Crippen LogP contribution in [-0.4, -0.2) is 15.3 Å². The SMILES string of the molecule is CCc1c(/C(C)=N\Nc2nc3ccccc3c(=O)n2CC)oc2ccc(C)cc12. The summed E-state index contributed by atoms with van der Waals surface area (Å²) in [4.78, 5) is 17.3. The number of hydrogen-bond acceptors (Lipinski definition) is 5. The van der Waals surface area contributed by atoms with Crippen molar-refractivity contribution in [2.75, 3.05) is 5.43 Å². The molecule has 0 radical (unpaired) electrons. The Morgan fingerprint density at radius 2 is 1.97 bits per heavy atom. The van der Waals surface area contributed by atoms with Crippen LogP contribution in [0.5, 0.6) is 0 Å². The zero-order chi connectivity index (χ0) is 20.5. The molecule has 0 aliphatic heterocycles. The number of aryl methyl sites for hydroxylation is 2. The minimum atomic E-state index is -0.0816. The second kappa shape index (κ2) is 7.54. The number of para-hydroxylation sites is 1. The molecule has 6 heteroatoms. The van der Waals surface area contributed by atoms with E-state index in [9.17, 15) is 4.79 Å². The Morgan fingerprint density at radius 1 is 1.17 bits per heavy atom. The highest BCUT2D eigenvalue weighted by Crippen LogP contribution is 2.28. The Hall–Kier alpha value is -3.41. The van der Waals surface area contributed by atoms with Gasteiger partial charge < -0.3 is 4.42 Å². The smallest absolute Gasteiger partial charge is 0.262 e. The lowest BCUT2D eigenvalue weighted by molar-refractivity contribution is 0.599. The van der Waals surface area contributed by atoms with Crippen LogP contribution < -0.4 is 11.0 Å². The van der Waals surface area contributed by atoms with Crippen molar-refractivity contribution in [3.05, 3.63) is 69.7 Å². The molecule has 4 aromatic rings. The Bertz CT molecular complexity index is 1300. The van der Waals surface area contributed by atoms with E-state index in [-0.39, 0.29) is 5.56 Å². The van der Waals surface area contributed by atoms with Gasteiger partial charge in [0.2, 0.25) is 5.95 Å². The Kier molecular flexibility index (Phi) is 4.92. The first-order chi connectivity index (χ1) is 14.0. The molecule has 0 aliphatic carbocycles. The predicted octanol–water partition coefficient (Wildman–Crippen LogP) is 4.87. The molecule has 0 unspecified atom stereocenters. The topological polar surface area (TPSA) is 72.4 Å². The van der Waals surface area contributed by atoms with E-state index in [2.05, 4.69) is 35.4 Å². The lowest BCUT2D eigenvalue weighted by Crippen LogP contribution is -2.23. The minimum absolute atomic E-state index is 0.0816. The quantitative estimate of drug-likeness (QED) is 0.391. The molecule has 2 aromatic carbocycles. The van der Waals surface area contributed by atoms with E-state index in [1.54, 1.807) is 10.6 Å². The molecular formula is C23H24N4O2. The molecule has 0 saturated carbocycles. The number of fused-ring (bicyclic) bond motifs is 2. The van der Waals surface area contributed by atoms with Crippen LogP contribution in [-0.2, 0) is 13.0 Å². The monoisotopic (exact) mass is 388 g/mol. The summed E-state index contributed by atoms with van der Waals surface area (Å²) in [6, 6.07) is 13.5. The summed E-state index contributed by atoms with van der Waals surface area (Å²) in [5.41, 5.74) is 7.43. The lowest BCUT2D eigenvalue weighted by Gasteiger charge is -2.11. The van der Waals surface area contributed by atoms with E-state index >= 15 is 0 Å². The van der Waals surface area contributed by atoms with Gasteiger partial charge in [-0.15, -0.1) is 0 Å². The molecule has 1 N–H and O–H groups in total. The van der Waals surface area contributed by atoms with Crippen molar-refractivity contribution >= 4 is 33.5 Å². The molecule has 0 saturated heterocycles. The first kappa shape index (κ1) is 18.9. The van der Waals surface area contributed by atoms with Crippen molar-refractivity contribution in [2.45, 2.75) is 40.7 Å². The molecule has 0 amide bonds. The normalized spacial score (nSPS) is 12.1. The minimum Gasteiger partial charge on any atom is -0.454 e. The standard InChI is InChI=1S/C23H24N4O2/c1-5-16-18-13-14(3)11-12-20(18)29-21(16)15(4)25-26-23-24-19-10-8-7-9-17(19)22(28)27(23)6-2/h7-13H,5-6H2,1-4H3,(H,24,26)/b25-15-. The Balaban J connectivity index is 1.77. The fraction of sp³-hybridized carbons (Fsp3) is 0.261. The third-order valence-corrected chi connectivity index (χ3v) is 5.13. The van der Waals surface area contributed by atoms with Gasteiger partial charge in [0.15, 0.2) is 5.76 Å². The second-order valence-electron chi connectivity index (χ2n) is 7.07. The van der Waals surface area contributed by atoms with Crippen molar-refractivity contribution < 1.29 is 4.42 Å². The zero-order valence-corrected chi connectivity index (χ0v) is 17.1. The van der Waals surface area contributed by atoms with Crippen molar-refractivity contribution in [1.82, 2.24) is 9.55 Å². The van der Waals surface area contributed by atoms with Crippen LogP contribution in [0.25, 0.3) is 21.9 Å². The first-order valence-electron chi connectivity index (χ1n) is 9.85. The van der Waals surface area contributed by atoms with Gasteiger partial charge in [-0.2, -0.15) is 5.10 Å². The summed E-state index contributed by atoms with van der Waals surface area (Å²) in [5, 5.41) is 6.21. The van der Waals surface area contributed by atoms with E-state index in [0.29, 0.717) is 29.1 Å². The summed E-state index contributed by atoms with van der Waals surface area (Å²) in [7, 11) is 0. The van der Waals surface area contributed by atoms with Crippen LogP contribution >= 0.6 is 0 Å². The number of nitrogens with zero attached hydrogens (tertiary/aromatic N) is 3. The summed E-state index contributed by atoms with van der Waals surface area (Å²) < 4.78 is 7.67. The van der Waals surface area contributed by atoms with Gasteiger partial charge in [0.1, 0.15) is 11.3 Å². The van der Waals surface area contributed by atoms with E-state index in [1.807, 2.05) is 44.2 Å². The molecule has 4 rings (SSSR count). The number of benzene rings is 2. The largest absolute Gasteiger partial charge is 0.454 e. The average Bonchev–Trinajstić information content (AvgIpc) is 3.10. The maximum Gasteiger partial charge on any atom is 0.262 e. The molecule has 0 aliphatic rings. The molecule has 2 aromatic heterocycles. The highest BCUT2D eigenvalue weighted by atomic mass is 16.3. The number of hydrazone groups is 1. The van der Waals surface area contributed by atoms with Crippen molar-refractivity contribution in [3.8, 4) is 0 Å². The second-order valence-corrected chi connectivity index (χ2v) is 7.07. The van der Waals surface area contributed by atoms with Gasteiger partial charge in [-0.25, -0.2) is 10.4 Å². The van der Waals surface area contributed by atoms with Crippen molar-refractivity contribution in [1.29, 1.82) is 0 Å². The van der Waals surface area contributed by atoms with E-state index < -0.39 is 0 Å². The summed E-state index contributed by atoms with van der Waals surface area (Å²) in [5.74, 6) is 1.17. The molecule has 148 valence electrons. The molecule has 0 fully saturated rings. The van der Waals surface area contributed by atoms with Crippen LogP contribution in [0.3, 0.4) is 0 Å². The van der Waals surface area contributed by atoms with Crippen LogP contribution in [0, 0.1) is 6.92 Å². The van der Waals surface area contributed by atoms with Crippen LogP contribution in [0.4, 0.5) is 5.95 Å². The zero-order valence-electron chi connectivity index (χ0n) is 17.1. The number of rotatable bonds is 5. The molecule has 29 heavy (non-hydrogen) atoms. The molecule has 0 bridgehead atoms. The van der Waals surface area contributed by atoms with Gasteiger partial charge >= 0.3 is 0 Å². The summed E-state index contributed by atoms with van der Waals surface area (Å²) in [6.45, 7) is 8.49. The Labute approximate surface area is 168 Å². The van der Waals surface area contributed by atoms with E-state index in [1.165, 1.54) is 5.56 Å². The number of aromatic nitrogens is 2. The van der Waals surface area contributed by atoms with Gasteiger partial charge in [0, 0.05) is 17.5 Å². The van der Waals surface area contributed by atoms with Gasteiger partial charge in [-0.3, -0.25) is 9.36 Å². The van der Waals surface area contributed by atoms with Crippen LogP contribution in [0.15, 0.2) is 56.8 Å². The average molecular weight is 388 g/mol.